The quantitative estimate of drug-likeness (QED) is 0.330. The van der Waals surface area contributed by atoms with E-state index < -0.39 is 11.9 Å². The van der Waals surface area contributed by atoms with Crippen LogP contribution in [0, 0.1) is 0 Å². The van der Waals surface area contributed by atoms with Gasteiger partial charge in [0.15, 0.2) is 0 Å². The summed E-state index contributed by atoms with van der Waals surface area (Å²) in [7, 11) is 0. The third-order valence-corrected chi connectivity index (χ3v) is 5.04. The molecule has 0 fully saturated rings. The van der Waals surface area contributed by atoms with Crippen LogP contribution in [0.4, 0.5) is 0 Å². The number of aliphatic carboxylic acids is 1. The van der Waals surface area contributed by atoms with Gasteiger partial charge in [-0.25, -0.2) is 0 Å². The average Bonchev–Trinajstić information content (AvgIpc) is 2.95. The first kappa shape index (κ1) is 18.2. The van der Waals surface area contributed by atoms with E-state index in [4.69, 9.17) is 0 Å². The number of fused-ring (bicyclic) bond motifs is 3. The molecular weight excluding hydrogens is 326 g/mol. The Morgan fingerprint density at radius 2 is 1.77 bits per heavy atom. The van der Waals surface area contributed by atoms with Crippen LogP contribution in [-0.4, -0.2) is 21.9 Å². The molecule has 136 valence electrons. The first-order valence-electron chi connectivity index (χ1n) is 9.36. The van der Waals surface area contributed by atoms with Crippen molar-refractivity contribution >= 4 is 34.1 Å². The summed E-state index contributed by atoms with van der Waals surface area (Å²) >= 11 is 0. The number of carboxylic acid groups (broad SMARTS) is 1. The van der Waals surface area contributed by atoms with Crippen LogP contribution < -0.4 is 0 Å². The molecule has 3 rings (SSSR count). The van der Waals surface area contributed by atoms with E-state index in [2.05, 4.69) is 23.6 Å². The van der Waals surface area contributed by atoms with Crippen LogP contribution in [0.2, 0.25) is 0 Å². The number of carbonyl (C=O) groups excluding carboxylic acids is 1. The Bertz CT molecular complexity index is 926. The predicted octanol–water partition coefficient (Wildman–Crippen LogP) is 5.13. The number of aryl methyl sites for hydroxylation is 1. The van der Waals surface area contributed by atoms with Crippen LogP contribution in [0.15, 0.2) is 42.5 Å². The molecule has 1 unspecified atom stereocenters. The van der Waals surface area contributed by atoms with E-state index in [0.29, 0.717) is 11.8 Å². The monoisotopic (exact) mass is 351 g/mol. The molecule has 4 heteroatoms. The Balaban J connectivity index is 2.01. The predicted molar refractivity (Wildman–Crippen MR) is 105 cm³/mol. The van der Waals surface area contributed by atoms with Crippen molar-refractivity contribution in [3.63, 3.8) is 0 Å². The van der Waals surface area contributed by atoms with Crippen LogP contribution in [-0.2, 0) is 16.1 Å². The highest BCUT2D eigenvalue weighted by molar-refractivity contribution is 6.09. The number of unbranched alkanes of at least 4 members (excludes halogenated alkanes) is 4. The molecule has 1 atom stereocenters. The Labute approximate surface area is 153 Å². The lowest BCUT2D eigenvalue weighted by Gasteiger charge is -2.09. The van der Waals surface area contributed by atoms with Gasteiger partial charge in [0.25, 0.3) is 0 Å². The van der Waals surface area contributed by atoms with Gasteiger partial charge >= 0.3 is 5.97 Å². The molecule has 1 N–H and O–H groups in total. The normalized spacial score (nSPS) is 12.5. The van der Waals surface area contributed by atoms with Crippen LogP contribution in [0.1, 0.15) is 50.5 Å². The van der Waals surface area contributed by atoms with E-state index in [1.165, 1.54) is 25.7 Å². The molecule has 0 saturated carbocycles. The van der Waals surface area contributed by atoms with Gasteiger partial charge in [-0.1, -0.05) is 56.9 Å². The first-order chi connectivity index (χ1) is 12.7. The van der Waals surface area contributed by atoms with E-state index in [9.17, 15) is 14.7 Å². The highest BCUT2D eigenvalue weighted by Crippen LogP contribution is 2.31. The van der Waals surface area contributed by atoms with Crippen molar-refractivity contribution < 1.29 is 14.7 Å². The van der Waals surface area contributed by atoms with Gasteiger partial charge in [-0.05, 0) is 30.2 Å². The second-order valence-corrected chi connectivity index (χ2v) is 6.81. The molecule has 4 nitrogen and oxygen atoms in total. The molecule has 3 aromatic rings. The van der Waals surface area contributed by atoms with Crippen molar-refractivity contribution in [2.45, 2.75) is 51.5 Å². The number of hydrogen-bond donors (Lipinski definition) is 1. The Hall–Kier alpha value is -2.62. The summed E-state index contributed by atoms with van der Waals surface area (Å²) in [6.07, 6.45) is 6.61. The molecule has 0 amide bonds. The van der Waals surface area contributed by atoms with E-state index in [1.54, 1.807) is 6.07 Å². The maximum Gasteiger partial charge on any atom is 0.318 e. The van der Waals surface area contributed by atoms with Crippen molar-refractivity contribution in [1.82, 2.24) is 4.57 Å². The van der Waals surface area contributed by atoms with Crippen molar-refractivity contribution in [2.24, 2.45) is 0 Å². The smallest absolute Gasteiger partial charge is 0.318 e. The van der Waals surface area contributed by atoms with Crippen LogP contribution in [0.3, 0.4) is 0 Å². The summed E-state index contributed by atoms with van der Waals surface area (Å²) in [6.45, 7) is 3.16. The van der Waals surface area contributed by atoms with Gasteiger partial charge in [-0.2, -0.15) is 0 Å². The maximum atomic E-state index is 11.3. The zero-order valence-electron chi connectivity index (χ0n) is 15.1. The second-order valence-electron chi connectivity index (χ2n) is 6.81. The van der Waals surface area contributed by atoms with Gasteiger partial charge in [0.05, 0.1) is 0 Å². The first-order valence-corrected chi connectivity index (χ1v) is 9.36. The van der Waals surface area contributed by atoms with Gasteiger partial charge in [0.2, 0.25) is 0 Å². The minimum Gasteiger partial charge on any atom is -0.480 e. The number of carboxylic acids is 1. The van der Waals surface area contributed by atoms with Crippen LogP contribution in [0.25, 0.3) is 21.8 Å². The molecule has 0 radical (unpaired) electrons. The molecule has 0 aliphatic rings. The molecule has 0 bridgehead atoms. The number of aromatic nitrogens is 1. The lowest BCUT2D eigenvalue weighted by molar-refractivity contribution is -0.140. The maximum absolute atomic E-state index is 11.3. The van der Waals surface area contributed by atoms with Crippen LogP contribution >= 0.6 is 0 Å². The number of carbonyl (C=O) groups is 2. The van der Waals surface area contributed by atoms with Crippen molar-refractivity contribution in [1.29, 1.82) is 0 Å². The molecule has 0 aliphatic heterocycles. The van der Waals surface area contributed by atoms with Crippen molar-refractivity contribution in [3.05, 3.63) is 48.0 Å². The third-order valence-electron chi connectivity index (χ3n) is 5.04. The Morgan fingerprint density at radius 3 is 2.50 bits per heavy atom. The molecule has 26 heavy (non-hydrogen) atoms. The fourth-order valence-electron chi connectivity index (χ4n) is 3.66. The molecule has 2 aromatic carbocycles. The fourth-order valence-corrected chi connectivity index (χ4v) is 3.66. The van der Waals surface area contributed by atoms with E-state index in [1.807, 2.05) is 24.3 Å². The van der Waals surface area contributed by atoms with Gasteiger partial charge in [0, 0.05) is 28.4 Å². The molecule has 0 aliphatic carbocycles. The molecule has 0 spiro atoms. The molecule has 1 heterocycles. The van der Waals surface area contributed by atoms with Gasteiger partial charge in [0.1, 0.15) is 12.2 Å². The number of nitrogens with zero attached hydrogens (tertiary/aromatic N) is 1. The lowest BCUT2D eigenvalue weighted by Crippen LogP contribution is -2.12. The largest absolute Gasteiger partial charge is 0.480 e. The molecule has 1 aromatic heterocycles. The van der Waals surface area contributed by atoms with Gasteiger partial charge in [-0.15, -0.1) is 0 Å². The van der Waals surface area contributed by atoms with Crippen molar-refractivity contribution in [3.8, 4) is 0 Å². The number of para-hydroxylation sites is 1. The van der Waals surface area contributed by atoms with Gasteiger partial charge < -0.3 is 14.5 Å². The number of hydrogen-bond acceptors (Lipinski definition) is 2. The molecule has 0 saturated heterocycles. The number of aldehydes is 1. The summed E-state index contributed by atoms with van der Waals surface area (Å²) in [5.74, 6) is -2.23. The SMILES string of the molecule is CCCCCCCn1c2ccccc2c2cc(C(C=O)C(=O)O)ccc21. The second kappa shape index (κ2) is 8.17. The minimum atomic E-state index is -1.12. The highest BCUT2D eigenvalue weighted by Gasteiger charge is 2.20. The standard InChI is InChI=1S/C22H25NO3/c1-2-3-4-5-8-13-23-20-10-7-6-9-17(20)18-14-16(11-12-21(18)23)19(15-24)22(25)26/h6-7,9-12,14-15,19H,2-5,8,13H2,1H3,(H,25,26). The highest BCUT2D eigenvalue weighted by atomic mass is 16.4. The van der Waals surface area contributed by atoms with E-state index >= 15 is 0 Å². The third kappa shape index (κ3) is 3.50. The number of benzene rings is 2. The Morgan fingerprint density at radius 1 is 1.04 bits per heavy atom. The summed E-state index contributed by atoms with van der Waals surface area (Å²) in [6, 6.07) is 13.8. The van der Waals surface area contributed by atoms with Crippen LogP contribution in [0.5, 0.6) is 0 Å². The summed E-state index contributed by atoms with van der Waals surface area (Å²) < 4.78 is 2.32. The fraction of sp³-hybridized carbons (Fsp3) is 0.364. The minimum absolute atomic E-state index is 0.496. The zero-order chi connectivity index (χ0) is 18.5. The summed E-state index contributed by atoms with van der Waals surface area (Å²) in [5, 5.41) is 11.4. The molecular formula is C22H25NO3. The van der Waals surface area contributed by atoms with E-state index in [-0.39, 0.29) is 0 Å². The van der Waals surface area contributed by atoms with E-state index in [0.717, 1.165) is 34.8 Å². The van der Waals surface area contributed by atoms with Gasteiger partial charge in [-0.3, -0.25) is 4.79 Å². The topological polar surface area (TPSA) is 59.3 Å². The average molecular weight is 351 g/mol. The number of rotatable bonds is 9. The summed E-state index contributed by atoms with van der Waals surface area (Å²) in [5.41, 5.74) is 2.79. The summed E-state index contributed by atoms with van der Waals surface area (Å²) in [4.78, 5) is 22.5. The lowest BCUT2D eigenvalue weighted by atomic mass is 9.98. The Kier molecular flexibility index (Phi) is 5.71. The van der Waals surface area contributed by atoms with Crippen molar-refractivity contribution in [2.75, 3.05) is 0 Å². The zero-order valence-corrected chi connectivity index (χ0v) is 15.1.